The maximum absolute atomic E-state index is 14.5. The smallest absolute Gasteiger partial charge is 0.326 e. The second-order valence-electron chi connectivity index (χ2n) is 14.9. The van der Waals surface area contributed by atoms with E-state index in [0.29, 0.717) is 6.54 Å². The predicted octanol–water partition coefficient (Wildman–Crippen LogP) is 5.23. The average Bonchev–Trinajstić information content (AvgIpc) is 3.71. The number of carbonyl (C=O) groups excluding carboxylic acids is 3. The molecule has 0 saturated carbocycles. The van der Waals surface area contributed by atoms with Crippen LogP contribution in [0, 0.1) is 5.92 Å². The van der Waals surface area contributed by atoms with E-state index in [0.717, 1.165) is 33.5 Å². The Morgan fingerprint density at radius 3 is 1.88 bits per heavy atom. The molecule has 1 aliphatic heterocycles. The van der Waals surface area contributed by atoms with Gasteiger partial charge in [-0.3, -0.25) is 14.4 Å². The minimum absolute atomic E-state index is 0.104. The molecule has 0 radical (unpaired) electrons. The molecule has 0 fully saturated rings. The number of rotatable bonds is 16. The van der Waals surface area contributed by atoms with E-state index in [1.165, 1.54) is 0 Å². The van der Waals surface area contributed by atoms with E-state index in [-0.39, 0.29) is 43.6 Å². The molecule has 11 nitrogen and oxygen atoms in total. The lowest BCUT2D eigenvalue weighted by atomic mass is 9.76. The number of carbonyl (C=O) groups is 4. The van der Waals surface area contributed by atoms with Gasteiger partial charge in [0.2, 0.25) is 17.7 Å². The van der Waals surface area contributed by atoms with E-state index < -0.39 is 41.4 Å². The Morgan fingerprint density at radius 1 is 0.821 bits per heavy atom. The third-order valence-corrected chi connectivity index (χ3v) is 10.8. The van der Waals surface area contributed by atoms with Gasteiger partial charge in [0, 0.05) is 38.0 Å². The molecule has 1 aliphatic rings. The molecule has 1 unspecified atom stereocenters. The molecule has 5 aromatic rings. The van der Waals surface area contributed by atoms with Gasteiger partial charge in [-0.05, 0) is 40.2 Å². The lowest BCUT2D eigenvalue weighted by molar-refractivity contribution is -0.147. The summed E-state index contributed by atoms with van der Waals surface area (Å²) in [5.41, 5.74) is 10.5. The fourth-order valence-electron chi connectivity index (χ4n) is 7.76. The summed E-state index contributed by atoms with van der Waals surface area (Å²) in [7, 11) is 0. The highest BCUT2D eigenvalue weighted by atomic mass is 16.4. The van der Waals surface area contributed by atoms with Gasteiger partial charge in [-0.25, -0.2) is 9.78 Å². The number of nitrogens with zero attached hydrogens (tertiary/aromatic N) is 3. The first kappa shape index (κ1) is 39.6. The van der Waals surface area contributed by atoms with Crippen molar-refractivity contribution >= 4 is 23.7 Å². The largest absolute Gasteiger partial charge is 0.480 e. The Labute approximate surface area is 328 Å². The highest BCUT2D eigenvalue weighted by Gasteiger charge is 2.41. The van der Waals surface area contributed by atoms with E-state index >= 15 is 0 Å². The third kappa shape index (κ3) is 8.43. The fourth-order valence-corrected chi connectivity index (χ4v) is 7.76. The average molecular weight is 755 g/mol. The molecule has 0 saturated heterocycles. The number of aromatic nitrogens is 2. The van der Waals surface area contributed by atoms with Crippen molar-refractivity contribution in [2.45, 2.75) is 76.2 Å². The minimum Gasteiger partial charge on any atom is -0.480 e. The van der Waals surface area contributed by atoms with Gasteiger partial charge in [0.15, 0.2) is 0 Å². The normalized spacial score (nSPS) is 15.7. The molecule has 56 heavy (non-hydrogen) atoms. The summed E-state index contributed by atoms with van der Waals surface area (Å²) in [5.74, 6) is -3.04. The van der Waals surface area contributed by atoms with Crippen molar-refractivity contribution in [3.05, 3.63) is 161 Å². The van der Waals surface area contributed by atoms with Crippen molar-refractivity contribution in [3.63, 3.8) is 0 Å². The number of nitrogens with two attached hydrogens (primary N) is 1. The lowest BCUT2D eigenvalue weighted by Gasteiger charge is -2.39. The SMILES string of the molecule is CC(CN[C@H](C(=O)N1Cc2ccccc2C[C@H]1C(=O)N[C@@H](CCC(N)=O)C(=O)O)C(C)C)c1cn(C(c2ccccc2)(c2ccccc2)c2ccccc2)cn1. The number of carboxylic acid groups (broad SMARTS) is 1. The number of nitrogens with one attached hydrogen (secondary N) is 2. The van der Waals surface area contributed by atoms with Crippen LogP contribution in [0.25, 0.3) is 0 Å². The van der Waals surface area contributed by atoms with Crippen LogP contribution in [0.1, 0.15) is 73.0 Å². The van der Waals surface area contributed by atoms with Gasteiger partial charge < -0.3 is 30.9 Å². The number of carboxylic acids is 1. The van der Waals surface area contributed by atoms with Crippen LogP contribution in [0.2, 0.25) is 0 Å². The third-order valence-electron chi connectivity index (χ3n) is 10.8. The van der Waals surface area contributed by atoms with Gasteiger partial charge in [-0.15, -0.1) is 0 Å². The van der Waals surface area contributed by atoms with Gasteiger partial charge in [-0.1, -0.05) is 136 Å². The van der Waals surface area contributed by atoms with Crippen molar-refractivity contribution in [2.75, 3.05) is 6.54 Å². The summed E-state index contributed by atoms with van der Waals surface area (Å²) in [4.78, 5) is 58.3. The van der Waals surface area contributed by atoms with Crippen molar-refractivity contribution in [1.29, 1.82) is 0 Å². The summed E-state index contributed by atoms with van der Waals surface area (Å²) in [6.07, 6.45) is 3.84. The first-order valence-corrected chi connectivity index (χ1v) is 19.1. The maximum atomic E-state index is 14.5. The quantitative estimate of drug-likeness (QED) is 0.100. The zero-order valence-electron chi connectivity index (χ0n) is 32.0. The molecule has 1 aromatic heterocycles. The van der Waals surface area contributed by atoms with Crippen LogP contribution in [0.4, 0.5) is 0 Å². The molecule has 0 bridgehead atoms. The standard InChI is InChI=1S/C45H50N6O5/c1-30(2)41(43(54)51-27-33-16-14-13-15-32(33)25-39(51)42(53)49-37(44(55)56)23-24-40(46)52)47-26-31(3)38-28-50(29-48-38)45(34-17-7-4-8-18-34,35-19-9-5-10-20-35)36-21-11-6-12-22-36/h4-22,28-31,37,39,41,47H,23-27H2,1-3H3,(H2,46,52)(H,49,53)(H,55,56)/t31?,37-,39-,41-/m0/s1. The van der Waals surface area contributed by atoms with Crippen molar-refractivity contribution in [3.8, 4) is 0 Å². The number of amides is 3. The van der Waals surface area contributed by atoms with Gasteiger partial charge in [0.05, 0.1) is 18.1 Å². The highest BCUT2D eigenvalue weighted by molar-refractivity contribution is 5.92. The molecule has 290 valence electrons. The number of aliphatic carboxylic acids is 1. The van der Waals surface area contributed by atoms with Crippen LogP contribution in [-0.2, 0) is 37.7 Å². The van der Waals surface area contributed by atoms with E-state index in [1.807, 2.05) is 99.0 Å². The molecule has 4 atom stereocenters. The number of benzene rings is 4. The molecule has 0 spiro atoms. The molecule has 11 heteroatoms. The number of hydrogen-bond donors (Lipinski definition) is 4. The molecule has 3 amide bonds. The van der Waals surface area contributed by atoms with Crippen LogP contribution in [-0.4, -0.2) is 67.9 Å². The summed E-state index contributed by atoms with van der Waals surface area (Å²) in [6, 6.07) is 35.9. The second kappa shape index (κ2) is 17.6. The first-order chi connectivity index (χ1) is 27.0. The molecule has 2 heterocycles. The van der Waals surface area contributed by atoms with Crippen LogP contribution < -0.4 is 16.4 Å². The van der Waals surface area contributed by atoms with Crippen LogP contribution in [0.3, 0.4) is 0 Å². The molecule has 5 N–H and O–H groups in total. The predicted molar refractivity (Wildman–Crippen MR) is 214 cm³/mol. The Kier molecular flexibility index (Phi) is 12.4. The summed E-state index contributed by atoms with van der Waals surface area (Å²) in [6.45, 7) is 6.61. The van der Waals surface area contributed by atoms with Crippen LogP contribution >= 0.6 is 0 Å². The monoisotopic (exact) mass is 754 g/mol. The Hall–Kier alpha value is -6.07. The number of primary amides is 1. The van der Waals surface area contributed by atoms with E-state index in [9.17, 15) is 24.3 Å². The number of hydrogen-bond acceptors (Lipinski definition) is 6. The van der Waals surface area contributed by atoms with Crippen molar-refractivity contribution in [2.24, 2.45) is 11.7 Å². The lowest BCUT2D eigenvalue weighted by Crippen LogP contribution is -2.59. The number of fused-ring (bicyclic) bond motifs is 1. The summed E-state index contributed by atoms with van der Waals surface area (Å²) >= 11 is 0. The topological polar surface area (TPSA) is 160 Å². The summed E-state index contributed by atoms with van der Waals surface area (Å²) < 4.78 is 2.17. The first-order valence-electron chi connectivity index (χ1n) is 19.1. The van der Waals surface area contributed by atoms with Crippen LogP contribution in [0.5, 0.6) is 0 Å². The van der Waals surface area contributed by atoms with Crippen molar-refractivity contribution < 1.29 is 24.3 Å². The van der Waals surface area contributed by atoms with Gasteiger partial charge in [0.25, 0.3) is 0 Å². The Morgan fingerprint density at radius 2 is 1.36 bits per heavy atom. The Balaban J connectivity index is 1.26. The molecular weight excluding hydrogens is 705 g/mol. The molecule has 4 aromatic carbocycles. The fraction of sp³-hybridized carbons (Fsp3) is 0.311. The van der Waals surface area contributed by atoms with E-state index in [2.05, 4.69) is 64.7 Å². The van der Waals surface area contributed by atoms with Gasteiger partial charge in [0.1, 0.15) is 17.6 Å². The van der Waals surface area contributed by atoms with Gasteiger partial charge >= 0.3 is 5.97 Å². The van der Waals surface area contributed by atoms with E-state index in [4.69, 9.17) is 10.7 Å². The van der Waals surface area contributed by atoms with Gasteiger partial charge in [-0.2, -0.15) is 0 Å². The van der Waals surface area contributed by atoms with Crippen LogP contribution in [0.15, 0.2) is 128 Å². The minimum atomic E-state index is -1.33. The molecular formula is C45H50N6O5. The van der Waals surface area contributed by atoms with E-state index in [1.54, 1.807) is 4.90 Å². The molecule has 6 rings (SSSR count). The zero-order valence-corrected chi connectivity index (χ0v) is 32.0. The highest BCUT2D eigenvalue weighted by Crippen LogP contribution is 2.41. The Bertz CT molecular complexity index is 2020. The molecule has 0 aliphatic carbocycles. The number of imidazole rings is 1. The summed E-state index contributed by atoms with van der Waals surface area (Å²) in [5, 5.41) is 15.9. The maximum Gasteiger partial charge on any atom is 0.326 e. The van der Waals surface area contributed by atoms with Crippen molar-refractivity contribution in [1.82, 2.24) is 25.1 Å². The second-order valence-corrected chi connectivity index (χ2v) is 14.9. The zero-order chi connectivity index (χ0) is 39.8.